The molecule has 0 spiro atoms. The van der Waals surface area contributed by atoms with E-state index in [-0.39, 0.29) is 11.5 Å². The van der Waals surface area contributed by atoms with Crippen LogP contribution >= 0.6 is 11.8 Å². The monoisotopic (exact) mass is 464 g/mol. The minimum absolute atomic E-state index is 0.0785. The highest BCUT2D eigenvalue weighted by Crippen LogP contribution is 2.30. The summed E-state index contributed by atoms with van der Waals surface area (Å²) in [6.45, 7) is 7.48. The molecule has 0 aliphatic carbocycles. The van der Waals surface area contributed by atoms with Crippen molar-refractivity contribution in [3.8, 4) is 17.1 Å². The van der Waals surface area contributed by atoms with Gasteiger partial charge in [0.05, 0.1) is 17.6 Å². The summed E-state index contributed by atoms with van der Waals surface area (Å²) in [6.07, 6.45) is 2.55. The van der Waals surface area contributed by atoms with Crippen molar-refractivity contribution in [2.45, 2.75) is 38.9 Å². The van der Waals surface area contributed by atoms with E-state index in [2.05, 4.69) is 14.8 Å². The van der Waals surface area contributed by atoms with Crippen LogP contribution in [0.25, 0.3) is 17.1 Å². The van der Waals surface area contributed by atoms with Crippen LogP contribution in [0.2, 0.25) is 0 Å². The molecule has 8 heteroatoms. The molecule has 0 atom stereocenters. The second kappa shape index (κ2) is 10.2. The van der Waals surface area contributed by atoms with Gasteiger partial charge in [0.25, 0.3) is 0 Å². The number of hydrogen-bond donors (Lipinski definition) is 0. The Labute approximate surface area is 197 Å². The van der Waals surface area contributed by atoms with Gasteiger partial charge in [-0.15, -0.1) is 10.2 Å². The number of para-hydroxylation sites is 1. The number of furan rings is 1. The molecule has 1 aromatic carbocycles. The molecule has 0 saturated heterocycles. The summed E-state index contributed by atoms with van der Waals surface area (Å²) < 4.78 is 14.8. The first kappa shape index (κ1) is 23.1. The fourth-order valence-electron chi connectivity index (χ4n) is 3.97. The maximum absolute atomic E-state index is 13.1. The number of hydrogen-bond acceptors (Lipinski definition) is 6. The lowest BCUT2D eigenvalue weighted by Gasteiger charge is -2.10. The van der Waals surface area contributed by atoms with E-state index < -0.39 is 0 Å². The van der Waals surface area contributed by atoms with Gasteiger partial charge in [-0.05, 0) is 51.5 Å². The lowest BCUT2D eigenvalue weighted by atomic mass is 10.2. The van der Waals surface area contributed by atoms with Crippen molar-refractivity contribution >= 4 is 17.5 Å². The number of ether oxygens (including phenoxy) is 1. The standard InChI is InChI=1S/C25H28N4O3S/c1-17-15-22(18(2)28(17)12-8-13-31-4)23(30)16-33-25-27-26-24(21-11-14-32-19(21)3)29(25)20-9-6-5-7-10-20/h5-7,9-11,14-15H,8,12-13,16H2,1-4H3. The number of benzene rings is 1. The Hall–Kier alpha value is -3.10. The summed E-state index contributed by atoms with van der Waals surface area (Å²) in [5.41, 5.74) is 4.65. The molecule has 0 aliphatic rings. The van der Waals surface area contributed by atoms with Gasteiger partial charge in [0.2, 0.25) is 0 Å². The number of rotatable bonds is 10. The molecule has 0 radical (unpaired) electrons. The average Bonchev–Trinajstić information content (AvgIpc) is 3.51. The summed E-state index contributed by atoms with van der Waals surface area (Å²) in [4.78, 5) is 13.1. The van der Waals surface area contributed by atoms with E-state index in [0.717, 1.165) is 46.9 Å². The van der Waals surface area contributed by atoms with Gasteiger partial charge in [-0.2, -0.15) is 0 Å². The molecule has 0 N–H and O–H groups in total. The number of Topliss-reactive ketones (excluding diaryl/α,β-unsaturated/α-hetero) is 1. The molecule has 0 saturated carbocycles. The summed E-state index contributed by atoms with van der Waals surface area (Å²) in [6, 6.07) is 13.8. The highest BCUT2D eigenvalue weighted by atomic mass is 32.2. The van der Waals surface area contributed by atoms with Crippen LogP contribution in [-0.2, 0) is 11.3 Å². The van der Waals surface area contributed by atoms with Crippen LogP contribution in [0, 0.1) is 20.8 Å². The van der Waals surface area contributed by atoms with E-state index in [1.54, 1.807) is 13.4 Å². The first-order chi connectivity index (χ1) is 16.0. The molecule has 0 unspecified atom stereocenters. The van der Waals surface area contributed by atoms with Gasteiger partial charge < -0.3 is 13.7 Å². The smallest absolute Gasteiger partial charge is 0.196 e. The molecular formula is C25H28N4O3S. The second-order valence-corrected chi connectivity index (χ2v) is 8.80. The first-order valence-electron chi connectivity index (χ1n) is 10.9. The number of carbonyl (C=O) groups excluding carboxylic acids is 1. The molecule has 0 bridgehead atoms. The van der Waals surface area contributed by atoms with Crippen molar-refractivity contribution in [2.75, 3.05) is 19.5 Å². The summed E-state index contributed by atoms with van der Waals surface area (Å²) in [5.74, 6) is 1.82. The van der Waals surface area contributed by atoms with E-state index in [1.807, 2.05) is 67.8 Å². The van der Waals surface area contributed by atoms with Crippen molar-refractivity contribution in [1.82, 2.24) is 19.3 Å². The third kappa shape index (κ3) is 4.82. The zero-order valence-electron chi connectivity index (χ0n) is 19.4. The predicted molar refractivity (Wildman–Crippen MR) is 129 cm³/mol. The van der Waals surface area contributed by atoms with Crippen LogP contribution in [0.15, 0.2) is 58.3 Å². The van der Waals surface area contributed by atoms with Crippen molar-refractivity contribution in [3.05, 3.63) is 71.4 Å². The molecule has 0 amide bonds. The van der Waals surface area contributed by atoms with E-state index in [1.165, 1.54) is 11.8 Å². The Morgan fingerprint density at radius 3 is 2.61 bits per heavy atom. The van der Waals surface area contributed by atoms with Crippen molar-refractivity contribution in [1.29, 1.82) is 0 Å². The fraction of sp³-hybridized carbons (Fsp3) is 0.320. The first-order valence-corrected chi connectivity index (χ1v) is 11.9. The fourth-order valence-corrected chi connectivity index (χ4v) is 4.80. The van der Waals surface area contributed by atoms with Gasteiger partial charge in [0.1, 0.15) is 5.76 Å². The van der Waals surface area contributed by atoms with Crippen molar-refractivity contribution in [3.63, 3.8) is 0 Å². The summed E-state index contributed by atoms with van der Waals surface area (Å²) >= 11 is 1.39. The van der Waals surface area contributed by atoms with Gasteiger partial charge >= 0.3 is 0 Å². The van der Waals surface area contributed by atoms with Gasteiger partial charge in [0, 0.05) is 42.9 Å². The quantitative estimate of drug-likeness (QED) is 0.181. The molecule has 7 nitrogen and oxygen atoms in total. The number of thioether (sulfide) groups is 1. The maximum atomic E-state index is 13.1. The van der Waals surface area contributed by atoms with Gasteiger partial charge in [-0.25, -0.2) is 0 Å². The Bertz CT molecular complexity index is 1240. The van der Waals surface area contributed by atoms with Crippen LogP contribution in [0.1, 0.15) is 33.9 Å². The van der Waals surface area contributed by atoms with Gasteiger partial charge in [-0.1, -0.05) is 30.0 Å². The molecule has 33 heavy (non-hydrogen) atoms. The SMILES string of the molecule is COCCCn1c(C)cc(C(=O)CSc2nnc(-c3ccoc3C)n2-c2ccccc2)c1C. The van der Waals surface area contributed by atoms with Gasteiger partial charge in [0.15, 0.2) is 16.8 Å². The van der Waals surface area contributed by atoms with Crippen LogP contribution in [-0.4, -0.2) is 44.6 Å². The maximum Gasteiger partial charge on any atom is 0.196 e. The molecule has 4 rings (SSSR count). The highest BCUT2D eigenvalue weighted by molar-refractivity contribution is 7.99. The van der Waals surface area contributed by atoms with Crippen LogP contribution in [0.5, 0.6) is 0 Å². The number of methoxy groups -OCH3 is 1. The molecule has 3 aromatic heterocycles. The zero-order valence-corrected chi connectivity index (χ0v) is 20.2. The van der Waals surface area contributed by atoms with E-state index in [0.29, 0.717) is 17.6 Å². The third-order valence-corrected chi connectivity index (χ3v) is 6.61. The largest absolute Gasteiger partial charge is 0.469 e. The van der Waals surface area contributed by atoms with Crippen LogP contribution in [0.3, 0.4) is 0 Å². The molecule has 0 aliphatic heterocycles. The summed E-state index contributed by atoms with van der Waals surface area (Å²) in [7, 11) is 1.70. The number of carbonyl (C=O) groups is 1. The topological polar surface area (TPSA) is 75.1 Å². The van der Waals surface area contributed by atoms with E-state index >= 15 is 0 Å². The van der Waals surface area contributed by atoms with Crippen molar-refractivity contribution in [2.24, 2.45) is 0 Å². The third-order valence-electron chi connectivity index (χ3n) is 5.68. The van der Waals surface area contributed by atoms with Crippen molar-refractivity contribution < 1.29 is 13.9 Å². The molecule has 172 valence electrons. The van der Waals surface area contributed by atoms with E-state index in [9.17, 15) is 4.79 Å². The number of aryl methyl sites for hydroxylation is 2. The highest BCUT2D eigenvalue weighted by Gasteiger charge is 2.21. The number of ketones is 1. The summed E-state index contributed by atoms with van der Waals surface area (Å²) in [5, 5.41) is 9.51. The second-order valence-electron chi connectivity index (χ2n) is 7.86. The van der Waals surface area contributed by atoms with E-state index in [4.69, 9.17) is 9.15 Å². The normalized spacial score (nSPS) is 11.3. The molecule has 0 fully saturated rings. The minimum atomic E-state index is 0.0785. The lowest BCUT2D eigenvalue weighted by Crippen LogP contribution is -2.08. The lowest BCUT2D eigenvalue weighted by molar-refractivity contribution is 0.102. The Balaban J connectivity index is 1.58. The Morgan fingerprint density at radius 1 is 1.12 bits per heavy atom. The predicted octanol–water partition coefficient (Wildman–Crippen LogP) is 5.27. The Kier molecular flexibility index (Phi) is 7.15. The Morgan fingerprint density at radius 2 is 1.91 bits per heavy atom. The van der Waals surface area contributed by atoms with Gasteiger partial charge in [-0.3, -0.25) is 9.36 Å². The zero-order chi connectivity index (χ0) is 23.4. The van der Waals surface area contributed by atoms with Crippen LogP contribution in [0.4, 0.5) is 0 Å². The molecular weight excluding hydrogens is 436 g/mol. The minimum Gasteiger partial charge on any atom is -0.469 e. The van der Waals surface area contributed by atoms with Crippen LogP contribution < -0.4 is 0 Å². The average molecular weight is 465 g/mol. The number of nitrogens with zero attached hydrogens (tertiary/aromatic N) is 4. The molecule has 3 heterocycles. The molecule has 4 aromatic rings. The number of aromatic nitrogens is 4.